The van der Waals surface area contributed by atoms with Gasteiger partial charge < -0.3 is 18.9 Å². The normalized spacial score (nSPS) is 13.0. The Kier molecular flexibility index (Phi) is 9.04. The minimum absolute atomic E-state index is 0.414. The SMILES string of the molecule is C=CC(=O)OCC(F)(F)C(F)(F)OCCOC(F)(F)C(F)(F)COC(=O)C=C. The lowest BCUT2D eigenvalue weighted by atomic mass is 10.3. The Morgan fingerprint density at radius 1 is 0.679 bits per heavy atom. The molecule has 0 bridgehead atoms. The van der Waals surface area contributed by atoms with E-state index in [4.69, 9.17) is 0 Å². The van der Waals surface area contributed by atoms with Gasteiger partial charge in [0.1, 0.15) is 0 Å². The molecule has 14 heteroatoms. The van der Waals surface area contributed by atoms with Crippen LogP contribution in [0.1, 0.15) is 0 Å². The molecule has 0 rings (SSSR count). The minimum atomic E-state index is -5.31. The number of hydrogen-bond donors (Lipinski definition) is 0. The summed E-state index contributed by atoms with van der Waals surface area (Å²) in [4.78, 5) is 21.2. The number of halogens is 8. The summed E-state index contributed by atoms with van der Waals surface area (Å²) in [6, 6.07) is 0. The van der Waals surface area contributed by atoms with E-state index in [0.717, 1.165) is 0 Å². The van der Waals surface area contributed by atoms with Crippen molar-refractivity contribution in [3.8, 4) is 0 Å². The second-order valence-corrected chi connectivity index (χ2v) is 4.76. The average Bonchev–Trinajstić information content (AvgIpc) is 2.60. The molecule has 0 aliphatic rings. The fourth-order valence-electron chi connectivity index (χ4n) is 1.16. The predicted octanol–water partition coefficient (Wildman–Crippen LogP) is 2.93. The smallest absolute Gasteiger partial charge is 0.423 e. The summed E-state index contributed by atoms with van der Waals surface area (Å²) in [5.41, 5.74) is 0. The number of hydrogen-bond acceptors (Lipinski definition) is 6. The Balaban J connectivity index is 4.64. The van der Waals surface area contributed by atoms with E-state index in [0.29, 0.717) is 12.2 Å². The Bertz CT molecular complexity index is 528. The molecule has 0 amide bonds. The van der Waals surface area contributed by atoms with Gasteiger partial charge in [-0.3, -0.25) is 0 Å². The molecule has 0 fully saturated rings. The third kappa shape index (κ3) is 7.42. The largest absolute Gasteiger partial charge is 0.456 e. The monoisotopic (exact) mass is 430 g/mol. The van der Waals surface area contributed by atoms with Crippen LogP contribution < -0.4 is 0 Å². The molecule has 0 aliphatic carbocycles. The van der Waals surface area contributed by atoms with E-state index in [1.165, 1.54) is 0 Å². The molecule has 0 aromatic rings. The zero-order valence-corrected chi connectivity index (χ0v) is 13.9. The fourth-order valence-corrected chi connectivity index (χ4v) is 1.16. The van der Waals surface area contributed by atoms with Gasteiger partial charge in [0.25, 0.3) is 0 Å². The van der Waals surface area contributed by atoms with Gasteiger partial charge in [0.15, 0.2) is 13.2 Å². The van der Waals surface area contributed by atoms with Crippen molar-refractivity contribution in [2.24, 2.45) is 0 Å². The molecule has 0 aromatic carbocycles. The summed E-state index contributed by atoms with van der Waals surface area (Å²) in [5.74, 6) is -13.0. The van der Waals surface area contributed by atoms with Crippen molar-refractivity contribution < 1.29 is 63.7 Å². The van der Waals surface area contributed by atoms with Crippen molar-refractivity contribution in [2.45, 2.75) is 24.1 Å². The van der Waals surface area contributed by atoms with Crippen molar-refractivity contribution in [3.05, 3.63) is 25.3 Å². The average molecular weight is 430 g/mol. The van der Waals surface area contributed by atoms with Gasteiger partial charge in [-0.15, -0.1) is 0 Å². The van der Waals surface area contributed by atoms with Crippen molar-refractivity contribution in [2.75, 3.05) is 26.4 Å². The molecule has 0 saturated heterocycles. The Morgan fingerprint density at radius 2 is 0.964 bits per heavy atom. The van der Waals surface area contributed by atoms with Crippen LogP contribution >= 0.6 is 0 Å². The van der Waals surface area contributed by atoms with Crippen LogP contribution in [0.15, 0.2) is 25.3 Å². The highest BCUT2D eigenvalue weighted by Gasteiger charge is 2.60. The van der Waals surface area contributed by atoms with E-state index >= 15 is 0 Å². The molecule has 0 atom stereocenters. The summed E-state index contributed by atoms with van der Waals surface area (Å²) < 4.78 is 120. The Hall–Kier alpha value is -2.22. The van der Waals surface area contributed by atoms with Crippen LogP contribution in [0, 0.1) is 0 Å². The molecule has 28 heavy (non-hydrogen) atoms. The topological polar surface area (TPSA) is 71.1 Å². The molecule has 0 heterocycles. The second kappa shape index (κ2) is 9.82. The number of rotatable bonds is 13. The summed E-state index contributed by atoms with van der Waals surface area (Å²) >= 11 is 0. The maximum absolute atomic E-state index is 13.2. The summed E-state index contributed by atoms with van der Waals surface area (Å²) in [6.45, 7) is -1.93. The molecule has 0 spiro atoms. The number of esters is 2. The van der Waals surface area contributed by atoms with Gasteiger partial charge in [0.2, 0.25) is 0 Å². The molecular weight excluding hydrogens is 416 g/mol. The van der Waals surface area contributed by atoms with Gasteiger partial charge in [0.05, 0.1) is 13.2 Å². The third-order valence-electron chi connectivity index (χ3n) is 2.63. The van der Waals surface area contributed by atoms with E-state index < -0.39 is 62.4 Å². The van der Waals surface area contributed by atoms with Crippen molar-refractivity contribution in [1.29, 1.82) is 0 Å². The van der Waals surface area contributed by atoms with E-state index in [2.05, 4.69) is 32.1 Å². The lowest BCUT2D eigenvalue weighted by Gasteiger charge is -2.27. The van der Waals surface area contributed by atoms with E-state index in [1.54, 1.807) is 0 Å². The van der Waals surface area contributed by atoms with Crippen molar-refractivity contribution in [1.82, 2.24) is 0 Å². The molecule has 0 saturated carbocycles. The molecule has 0 aliphatic heterocycles. The van der Waals surface area contributed by atoms with Crippen molar-refractivity contribution >= 4 is 11.9 Å². The zero-order chi connectivity index (χ0) is 22.2. The van der Waals surface area contributed by atoms with Crippen LogP contribution in [0.2, 0.25) is 0 Å². The third-order valence-corrected chi connectivity index (χ3v) is 2.63. The first-order valence-electron chi connectivity index (χ1n) is 6.99. The van der Waals surface area contributed by atoms with Crippen LogP contribution in [0.5, 0.6) is 0 Å². The van der Waals surface area contributed by atoms with Gasteiger partial charge in [-0.2, -0.15) is 35.1 Å². The molecule has 6 nitrogen and oxygen atoms in total. The van der Waals surface area contributed by atoms with Gasteiger partial charge >= 0.3 is 36.0 Å². The Labute approximate surface area is 152 Å². The summed E-state index contributed by atoms with van der Waals surface area (Å²) in [5, 5.41) is 0. The molecule has 0 aromatic heterocycles. The number of carbonyl (C=O) groups is 2. The number of carbonyl (C=O) groups excluding carboxylic acids is 2. The first kappa shape index (κ1) is 25.8. The van der Waals surface area contributed by atoms with Crippen LogP contribution in [-0.2, 0) is 28.5 Å². The highest BCUT2D eigenvalue weighted by molar-refractivity contribution is 5.81. The van der Waals surface area contributed by atoms with E-state index in [-0.39, 0.29) is 0 Å². The van der Waals surface area contributed by atoms with E-state index in [1.807, 2.05) is 0 Å². The lowest BCUT2D eigenvalue weighted by molar-refractivity contribution is -0.376. The van der Waals surface area contributed by atoms with Crippen molar-refractivity contribution in [3.63, 3.8) is 0 Å². The molecule has 0 unspecified atom stereocenters. The Morgan fingerprint density at radius 3 is 1.21 bits per heavy atom. The highest BCUT2D eigenvalue weighted by Crippen LogP contribution is 2.37. The number of alkyl halides is 8. The molecule has 162 valence electrons. The maximum atomic E-state index is 13.2. The van der Waals surface area contributed by atoms with Gasteiger partial charge in [-0.25, -0.2) is 9.59 Å². The fraction of sp³-hybridized carbons (Fsp3) is 0.571. The highest BCUT2D eigenvalue weighted by atomic mass is 19.3. The van der Waals surface area contributed by atoms with Crippen LogP contribution in [0.3, 0.4) is 0 Å². The zero-order valence-electron chi connectivity index (χ0n) is 13.9. The second-order valence-electron chi connectivity index (χ2n) is 4.76. The van der Waals surface area contributed by atoms with Gasteiger partial charge in [-0.05, 0) is 0 Å². The maximum Gasteiger partial charge on any atom is 0.423 e. The first-order chi connectivity index (χ1) is 12.6. The number of ether oxygens (including phenoxy) is 4. The first-order valence-corrected chi connectivity index (χ1v) is 6.99. The standard InChI is InChI=1S/C14H14F8O6/c1-3-9(23)25-7-11(15,16)13(19,20)27-5-6-28-14(21,22)12(17,18)8-26-10(24)4-2/h3-4H,1-2,5-8H2. The van der Waals surface area contributed by atoms with Crippen LogP contribution in [0.4, 0.5) is 35.1 Å². The lowest BCUT2D eigenvalue weighted by Crippen LogP contribution is -2.49. The van der Waals surface area contributed by atoms with Gasteiger partial charge in [-0.1, -0.05) is 13.2 Å². The minimum Gasteiger partial charge on any atom is -0.456 e. The summed E-state index contributed by atoms with van der Waals surface area (Å²) in [6.07, 6.45) is -9.79. The predicted molar refractivity (Wildman–Crippen MR) is 74.0 cm³/mol. The van der Waals surface area contributed by atoms with Crippen LogP contribution in [0.25, 0.3) is 0 Å². The molecular formula is C14H14F8O6. The summed E-state index contributed by atoms with van der Waals surface area (Å²) in [7, 11) is 0. The molecule has 0 N–H and O–H groups in total. The quantitative estimate of drug-likeness (QED) is 0.194. The van der Waals surface area contributed by atoms with E-state index in [9.17, 15) is 44.7 Å². The molecule has 0 radical (unpaired) electrons. The van der Waals surface area contributed by atoms with Gasteiger partial charge in [0, 0.05) is 12.2 Å². The van der Waals surface area contributed by atoms with Crippen LogP contribution in [-0.4, -0.2) is 62.4 Å².